The molecule has 0 spiro atoms. The van der Waals surface area contributed by atoms with Gasteiger partial charge in [0.15, 0.2) is 0 Å². The summed E-state index contributed by atoms with van der Waals surface area (Å²) in [7, 11) is -4.16. The van der Waals surface area contributed by atoms with Gasteiger partial charge in [-0.15, -0.1) is 0 Å². The minimum Gasteiger partial charge on any atom is -0.318 e. The number of sulfonamides is 1. The van der Waals surface area contributed by atoms with Gasteiger partial charge in [0.2, 0.25) is 0 Å². The number of benzene rings is 3. The Morgan fingerprint density at radius 1 is 1.00 bits per heavy atom. The summed E-state index contributed by atoms with van der Waals surface area (Å²) in [5.74, 6) is -0.684. The van der Waals surface area contributed by atoms with E-state index in [1.54, 1.807) is 18.2 Å². The fourth-order valence-electron chi connectivity index (χ4n) is 4.20. The van der Waals surface area contributed by atoms with E-state index in [-0.39, 0.29) is 16.3 Å². The lowest BCUT2D eigenvalue weighted by Gasteiger charge is -2.23. The fraction of sp³-hybridized carbons (Fsp3) is 0.143. The summed E-state index contributed by atoms with van der Waals surface area (Å²) in [4.78, 5) is 23.3. The molecule has 0 bridgehead atoms. The van der Waals surface area contributed by atoms with Crippen molar-refractivity contribution in [3.8, 4) is 5.69 Å². The van der Waals surface area contributed by atoms with Crippen molar-refractivity contribution in [2.45, 2.75) is 25.7 Å². The zero-order chi connectivity index (χ0) is 28.2. The van der Waals surface area contributed by atoms with Crippen molar-refractivity contribution in [2.75, 3.05) is 10.8 Å². The second-order valence-corrected chi connectivity index (χ2v) is 10.8. The van der Waals surface area contributed by atoms with Crippen LogP contribution in [0.15, 0.2) is 94.9 Å². The number of carbonyl (C=O) groups excluding carboxylic acids is 1. The van der Waals surface area contributed by atoms with Crippen molar-refractivity contribution < 1.29 is 18.1 Å². The van der Waals surface area contributed by atoms with Crippen LogP contribution in [0.3, 0.4) is 0 Å². The highest BCUT2D eigenvalue weighted by atomic mass is 32.2. The van der Waals surface area contributed by atoms with Gasteiger partial charge in [-0.1, -0.05) is 30.3 Å². The van der Waals surface area contributed by atoms with Gasteiger partial charge in [0, 0.05) is 34.8 Å². The van der Waals surface area contributed by atoms with E-state index in [9.17, 15) is 23.3 Å². The molecule has 39 heavy (non-hydrogen) atoms. The molecule has 0 aliphatic rings. The second-order valence-electron chi connectivity index (χ2n) is 8.89. The largest absolute Gasteiger partial charge is 0.318 e. The Hall–Kier alpha value is -4.77. The van der Waals surface area contributed by atoms with Crippen LogP contribution in [0.5, 0.6) is 0 Å². The maximum Gasteiger partial charge on any atom is 0.269 e. The van der Waals surface area contributed by atoms with Gasteiger partial charge in [0.1, 0.15) is 6.54 Å². The van der Waals surface area contributed by atoms with Gasteiger partial charge in [-0.05, 0) is 68.8 Å². The van der Waals surface area contributed by atoms with E-state index >= 15 is 0 Å². The number of hydrazone groups is 1. The first kappa shape index (κ1) is 27.3. The third kappa shape index (κ3) is 6.04. The number of rotatable bonds is 9. The van der Waals surface area contributed by atoms with Gasteiger partial charge in [-0.3, -0.25) is 19.2 Å². The molecule has 0 aliphatic carbocycles. The van der Waals surface area contributed by atoms with Gasteiger partial charge < -0.3 is 4.57 Å². The van der Waals surface area contributed by atoms with Crippen molar-refractivity contribution in [1.29, 1.82) is 0 Å². The van der Waals surface area contributed by atoms with Crippen LogP contribution >= 0.6 is 0 Å². The molecule has 0 radical (unpaired) electrons. The first-order chi connectivity index (χ1) is 18.6. The van der Waals surface area contributed by atoms with Crippen LogP contribution < -0.4 is 9.73 Å². The number of nitrogens with zero attached hydrogens (tertiary/aromatic N) is 4. The number of carbonyl (C=O) groups is 1. The van der Waals surface area contributed by atoms with Crippen molar-refractivity contribution in [2.24, 2.45) is 5.10 Å². The number of nitro benzene ring substituents is 1. The fourth-order valence-corrected chi connectivity index (χ4v) is 5.64. The van der Waals surface area contributed by atoms with E-state index < -0.39 is 27.4 Å². The standard InChI is InChI=1S/C28H27N5O5S/c1-20-8-7-9-26(16-20)32-21(2)17-23(22(32)3)18-29-30-28(34)19-31(24-12-14-25(15-13-24)33(35)36)39(37,38)27-10-5-4-6-11-27/h4-18H,19H2,1-3H3,(H,30,34)/b29-18-. The molecule has 4 aromatic rings. The van der Waals surface area contributed by atoms with Gasteiger partial charge in [-0.25, -0.2) is 13.8 Å². The van der Waals surface area contributed by atoms with Gasteiger partial charge in [-0.2, -0.15) is 5.10 Å². The lowest BCUT2D eigenvalue weighted by molar-refractivity contribution is -0.384. The highest BCUT2D eigenvalue weighted by Crippen LogP contribution is 2.26. The summed E-state index contributed by atoms with van der Waals surface area (Å²) < 4.78 is 29.8. The van der Waals surface area contributed by atoms with E-state index in [0.717, 1.165) is 32.5 Å². The van der Waals surface area contributed by atoms with E-state index in [0.29, 0.717) is 0 Å². The van der Waals surface area contributed by atoms with Gasteiger partial charge in [0.25, 0.3) is 21.6 Å². The topological polar surface area (TPSA) is 127 Å². The third-order valence-electron chi connectivity index (χ3n) is 6.09. The quantitative estimate of drug-likeness (QED) is 0.186. The second kappa shape index (κ2) is 11.3. The molecule has 4 rings (SSSR count). The molecule has 1 amide bonds. The smallest absolute Gasteiger partial charge is 0.269 e. The predicted octanol–water partition coefficient (Wildman–Crippen LogP) is 4.66. The molecule has 10 nitrogen and oxygen atoms in total. The SMILES string of the molecule is Cc1cccc(-n2c(C)cc(/C=N\NC(=O)CN(c3ccc([N+](=O)[O-])cc3)S(=O)(=O)c3ccccc3)c2C)c1. The van der Waals surface area contributed by atoms with Crippen LogP contribution in [0.4, 0.5) is 11.4 Å². The molecule has 0 saturated carbocycles. The number of anilines is 1. The molecule has 1 aromatic heterocycles. The number of aromatic nitrogens is 1. The minimum absolute atomic E-state index is 0.0248. The molecule has 3 aromatic carbocycles. The van der Waals surface area contributed by atoms with E-state index in [4.69, 9.17) is 0 Å². The van der Waals surface area contributed by atoms with Crippen molar-refractivity contribution in [3.63, 3.8) is 0 Å². The molecule has 200 valence electrons. The van der Waals surface area contributed by atoms with Crippen LogP contribution in [0, 0.1) is 30.9 Å². The number of amides is 1. The summed E-state index contributed by atoms with van der Waals surface area (Å²) in [6, 6.07) is 22.6. The number of non-ortho nitro benzene ring substituents is 1. The third-order valence-corrected chi connectivity index (χ3v) is 7.88. The maximum atomic E-state index is 13.4. The normalized spacial score (nSPS) is 11.5. The summed E-state index contributed by atoms with van der Waals surface area (Å²) in [6.45, 7) is 5.35. The number of aryl methyl sites for hydroxylation is 2. The summed E-state index contributed by atoms with van der Waals surface area (Å²) >= 11 is 0. The van der Waals surface area contributed by atoms with Crippen molar-refractivity contribution in [1.82, 2.24) is 9.99 Å². The van der Waals surface area contributed by atoms with Crippen LogP contribution in [0.25, 0.3) is 5.69 Å². The van der Waals surface area contributed by atoms with Crippen LogP contribution in [0.1, 0.15) is 22.5 Å². The number of nitro groups is 1. The first-order valence-electron chi connectivity index (χ1n) is 12.0. The Morgan fingerprint density at radius 2 is 1.69 bits per heavy atom. The Morgan fingerprint density at radius 3 is 2.33 bits per heavy atom. The first-order valence-corrected chi connectivity index (χ1v) is 13.4. The Kier molecular flexibility index (Phi) is 7.91. The molecule has 0 fully saturated rings. The van der Waals surface area contributed by atoms with Crippen LogP contribution in [-0.4, -0.2) is 36.6 Å². The lowest BCUT2D eigenvalue weighted by atomic mass is 10.2. The molecule has 1 heterocycles. The summed E-state index contributed by atoms with van der Waals surface area (Å²) in [6.07, 6.45) is 1.51. The lowest BCUT2D eigenvalue weighted by Crippen LogP contribution is -2.39. The molecule has 0 unspecified atom stereocenters. The zero-order valence-corrected chi connectivity index (χ0v) is 22.4. The Bertz CT molecular complexity index is 1650. The molecule has 0 aliphatic heterocycles. The van der Waals surface area contributed by atoms with Crippen molar-refractivity contribution in [3.05, 3.63) is 118 Å². The number of nitrogens with one attached hydrogen (secondary N) is 1. The average molecular weight is 546 g/mol. The number of hydrogen-bond acceptors (Lipinski definition) is 6. The highest BCUT2D eigenvalue weighted by molar-refractivity contribution is 7.92. The van der Waals surface area contributed by atoms with Gasteiger partial charge >= 0.3 is 0 Å². The molecule has 11 heteroatoms. The van der Waals surface area contributed by atoms with E-state index in [1.807, 2.05) is 45.0 Å². The summed E-state index contributed by atoms with van der Waals surface area (Å²) in [5, 5.41) is 15.1. The highest BCUT2D eigenvalue weighted by Gasteiger charge is 2.27. The molecule has 0 atom stereocenters. The summed E-state index contributed by atoms with van der Waals surface area (Å²) in [5.41, 5.74) is 7.15. The zero-order valence-electron chi connectivity index (χ0n) is 21.6. The van der Waals surface area contributed by atoms with Crippen LogP contribution in [-0.2, 0) is 14.8 Å². The van der Waals surface area contributed by atoms with Gasteiger partial charge in [0.05, 0.1) is 21.7 Å². The Labute approximate surface area is 226 Å². The molecular formula is C28H27N5O5S. The number of hydrogen-bond donors (Lipinski definition) is 1. The molecule has 1 N–H and O–H groups in total. The molecular weight excluding hydrogens is 518 g/mol. The molecule has 0 saturated heterocycles. The monoisotopic (exact) mass is 545 g/mol. The average Bonchev–Trinajstić information content (AvgIpc) is 3.20. The maximum absolute atomic E-state index is 13.4. The van der Waals surface area contributed by atoms with Crippen LogP contribution in [0.2, 0.25) is 0 Å². The predicted molar refractivity (Wildman–Crippen MR) is 150 cm³/mol. The Balaban J connectivity index is 1.56. The van der Waals surface area contributed by atoms with E-state index in [2.05, 4.69) is 21.2 Å². The van der Waals surface area contributed by atoms with Crippen molar-refractivity contribution >= 4 is 33.5 Å². The van der Waals surface area contributed by atoms with E-state index in [1.165, 1.54) is 42.6 Å². The minimum atomic E-state index is -4.16.